The lowest BCUT2D eigenvalue weighted by atomic mass is 10.1. The molecule has 0 bridgehead atoms. The second kappa shape index (κ2) is 8.20. The van der Waals surface area contributed by atoms with Crippen LogP contribution < -0.4 is 9.47 Å². The van der Waals surface area contributed by atoms with Crippen LogP contribution in [0.3, 0.4) is 0 Å². The molecule has 0 N–H and O–H groups in total. The minimum absolute atomic E-state index is 0.0354. The smallest absolute Gasteiger partial charge is 0.306 e. The van der Waals surface area contributed by atoms with Crippen molar-refractivity contribution in [3.63, 3.8) is 0 Å². The summed E-state index contributed by atoms with van der Waals surface area (Å²) in [6, 6.07) is 6.00. The highest BCUT2D eigenvalue weighted by atomic mass is 16.5. The monoisotopic (exact) mass is 321 g/mol. The third kappa shape index (κ3) is 5.13. The fourth-order valence-electron chi connectivity index (χ4n) is 3.01. The molecule has 0 amide bonds. The van der Waals surface area contributed by atoms with E-state index in [1.54, 1.807) is 14.2 Å². The van der Waals surface area contributed by atoms with Gasteiger partial charge in [0.1, 0.15) is 0 Å². The van der Waals surface area contributed by atoms with Gasteiger partial charge in [-0.2, -0.15) is 0 Å². The van der Waals surface area contributed by atoms with Crippen molar-refractivity contribution in [2.75, 3.05) is 27.3 Å². The summed E-state index contributed by atoms with van der Waals surface area (Å²) < 4.78 is 15.8. The summed E-state index contributed by atoms with van der Waals surface area (Å²) in [6.07, 6.45) is 1.52. The van der Waals surface area contributed by atoms with Gasteiger partial charge < -0.3 is 14.2 Å². The molecule has 1 aliphatic rings. The molecule has 2 rings (SSSR count). The van der Waals surface area contributed by atoms with Gasteiger partial charge >= 0.3 is 5.97 Å². The lowest BCUT2D eigenvalue weighted by Gasteiger charge is -2.17. The molecule has 1 aromatic carbocycles. The van der Waals surface area contributed by atoms with Crippen LogP contribution in [0.1, 0.15) is 32.3 Å². The summed E-state index contributed by atoms with van der Waals surface area (Å²) in [6.45, 7) is 6.57. The van der Waals surface area contributed by atoms with E-state index >= 15 is 0 Å². The molecule has 0 aliphatic carbocycles. The van der Waals surface area contributed by atoms with E-state index in [1.807, 2.05) is 26.0 Å². The number of carbonyl (C=O) groups excluding carboxylic acids is 1. The van der Waals surface area contributed by atoms with Gasteiger partial charge in [-0.05, 0) is 50.4 Å². The maximum Gasteiger partial charge on any atom is 0.306 e. The van der Waals surface area contributed by atoms with E-state index in [9.17, 15) is 4.79 Å². The van der Waals surface area contributed by atoms with Crippen molar-refractivity contribution < 1.29 is 19.0 Å². The molecule has 0 radical (unpaired) electrons. The van der Waals surface area contributed by atoms with Crippen molar-refractivity contribution in [2.24, 2.45) is 5.92 Å². The lowest BCUT2D eigenvalue weighted by Crippen LogP contribution is -2.22. The van der Waals surface area contributed by atoms with Gasteiger partial charge in [-0.3, -0.25) is 9.69 Å². The Morgan fingerprint density at radius 3 is 2.65 bits per heavy atom. The molecule has 1 aromatic rings. The van der Waals surface area contributed by atoms with Gasteiger partial charge in [0.25, 0.3) is 0 Å². The fourth-order valence-corrected chi connectivity index (χ4v) is 3.01. The first-order valence-electron chi connectivity index (χ1n) is 8.14. The van der Waals surface area contributed by atoms with Crippen molar-refractivity contribution in [3.05, 3.63) is 23.8 Å². The van der Waals surface area contributed by atoms with E-state index in [1.165, 1.54) is 5.56 Å². The highest BCUT2D eigenvalue weighted by molar-refractivity contribution is 5.69. The number of likely N-dealkylation sites (tertiary alicyclic amines) is 1. The van der Waals surface area contributed by atoms with Crippen molar-refractivity contribution in [3.8, 4) is 11.5 Å². The summed E-state index contributed by atoms with van der Waals surface area (Å²) in [5, 5.41) is 0. The Labute approximate surface area is 138 Å². The molecule has 1 unspecified atom stereocenters. The molecule has 1 saturated heterocycles. The van der Waals surface area contributed by atoms with Crippen molar-refractivity contribution in [2.45, 2.75) is 39.3 Å². The van der Waals surface area contributed by atoms with Crippen LogP contribution in [-0.4, -0.2) is 44.3 Å². The number of nitrogens with zero attached hydrogens (tertiary/aromatic N) is 1. The van der Waals surface area contributed by atoms with E-state index in [-0.39, 0.29) is 12.1 Å². The maximum absolute atomic E-state index is 11.8. The zero-order valence-corrected chi connectivity index (χ0v) is 14.5. The molecule has 5 nitrogen and oxygen atoms in total. The Bertz CT molecular complexity index is 530. The number of carbonyl (C=O) groups is 1. The molecule has 23 heavy (non-hydrogen) atoms. The van der Waals surface area contributed by atoms with Crippen molar-refractivity contribution in [1.29, 1.82) is 0 Å². The Hall–Kier alpha value is -1.75. The van der Waals surface area contributed by atoms with Gasteiger partial charge in [0.05, 0.1) is 20.3 Å². The first-order valence-corrected chi connectivity index (χ1v) is 8.14. The molecule has 128 valence electrons. The standard InChI is InChI=1S/C18H27NO4/c1-13(2)23-18(20)10-15-7-8-19(12-15)11-14-5-6-16(21-3)17(9-14)22-4/h5-6,9,13,15H,7-8,10-12H2,1-4H3. The lowest BCUT2D eigenvalue weighted by molar-refractivity contribution is -0.148. The van der Waals surface area contributed by atoms with Crippen molar-refractivity contribution >= 4 is 5.97 Å². The Balaban J connectivity index is 1.87. The minimum Gasteiger partial charge on any atom is -0.493 e. The number of esters is 1. The van der Waals surface area contributed by atoms with Gasteiger partial charge in [0, 0.05) is 19.5 Å². The third-order valence-electron chi connectivity index (χ3n) is 4.05. The quantitative estimate of drug-likeness (QED) is 0.723. The number of benzene rings is 1. The SMILES string of the molecule is COc1ccc(CN2CCC(CC(=O)OC(C)C)C2)cc1OC. The van der Waals surface area contributed by atoms with Crippen LogP contribution in [0.5, 0.6) is 11.5 Å². The molecular weight excluding hydrogens is 294 g/mol. The first-order chi connectivity index (χ1) is 11.0. The highest BCUT2D eigenvalue weighted by Gasteiger charge is 2.25. The van der Waals surface area contributed by atoms with Crippen LogP contribution in [0.15, 0.2) is 18.2 Å². The van der Waals surface area contributed by atoms with E-state index < -0.39 is 0 Å². The maximum atomic E-state index is 11.8. The van der Waals surface area contributed by atoms with Crippen LogP contribution in [0.2, 0.25) is 0 Å². The zero-order chi connectivity index (χ0) is 16.8. The average molecular weight is 321 g/mol. The number of ether oxygens (including phenoxy) is 3. The van der Waals surface area contributed by atoms with Crippen LogP contribution in [0, 0.1) is 5.92 Å². The summed E-state index contributed by atoms with van der Waals surface area (Å²) in [4.78, 5) is 14.1. The highest BCUT2D eigenvalue weighted by Crippen LogP contribution is 2.29. The van der Waals surface area contributed by atoms with Crippen LogP contribution in [0.4, 0.5) is 0 Å². The molecule has 5 heteroatoms. The topological polar surface area (TPSA) is 48.0 Å². The summed E-state index contributed by atoms with van der Waals surface area (Å²) in [5.41, 5.74) is 1.19. The molecule has 1 heterocycles. The summed E-state index contributed by atoms with van der Waals surface area (Å²) in [5.74, 6) is 1.80. The van der Waals surface area contributed by atoms with Crippen LogP contribution in [0.25, 0.3) is 0 Å². The predicted molar refractivity (Wildman–Crippen MR) is 88.8 cm³/mol. The molecule has 1 fully saturated rings. The third-order valence-corrected chi connectivity index (χ3v) is 4.05. The largest absolute Gasteiger partial charge is 0.493 e. The Morgan fingerprint density at radius 1 is 1.26 bits per heavy atom. The van der Waals surface area contributed by atoms with Gasteiger partial charge in [0.2, 0.25) is 0 Å². The first kappa shape index (κ1) is 17.6. The second-order valence-electron chi connectivity index (χ2n) is 6.32. The molecule has 0 spiro atoms. The van der Waals surface area contributed by atoms with Crippen LogP contribution >= 0.6 is 0 Å². The van der Waals surface area contributed by atoms with E-state index in [2.05, 4.69) is 11.0 Å². The van der Waals surface area contributed by atoms with Gasteiger partial charge in [-0.1, -0.05) is 6.07 Å². The Morgan fingerprint density at radius 2 is 2.00 bits per heavy atom. The normalized spacial score (nSPS) is 18.2. The van der Waals surface area contributed by atoms with E-state index in [0.29, 0.717) is 12.3 Å². The second-order valence-corrected chi connectivity index (χ2v) is 6.32. The predicted octanol–water partition coefficient (Wildman–Crippen LogP) is 2.87. The van der Waals surface area contributed by atoms with Gasteiger partial charge in [-0.25, -0.2) is 0 Å². The summed E-state index contributed by atoms with van der Waals surface area (Å²) >= 11 is 0. The average Bonchev–Trinajstić information content (AvgIpc) is 2.93. The minimum atomic E-state index is -0.0852. The number of methoxy groups -OCH3 is 2. The van der Waals surface area contributed by atoms with Gasteiger partial charge in [-0.15, -0.1) is 0 Å². The van der Waals surface area contributed by atoms with Gasteiger partial charge in [0.15, 0.2) is 11.5 Å². The number of hydrogen-bond acceptors (Lipinski definition) is 5. The van der Waals surface area contributed by atoms with E-state index in [4.69, 9.17) is 14.2 Å². The summed E-state index contributed by atoms with van der Waals surface area (Å²) in [7, 11) is 3.28. The van der Waals surface area contributed by atoms with Crippen molar-refractivity contribution in [1.82, 2.24) is 4.90 Å². The number of rotatable bonds is 7. The Kier molecular flexibility index (Phi) is 6.28. The molecule has 1 atom stereocenters. The molecule has 0 aromatic heterocycles. The van der Waals surface area contributed by atoms with E-state index in [0.717, 1.165) is 37.6 Å². The fraction of sp³-hybridized carbons (Fsp3) is 0.611. The zero-order valence-electron chi connectivity index (χ0n) is 14.5. The number of hydrogen-bond donors (Lipinski definition) is 0. The molecule has 1 aliphatic heterocycles. The molecular formula is C18H27NO4. The molecule has 0 saturated carbocycles. The van der Waals surface area contributed by atoms with Crippen LogP contribution in [-0.2, 0) is 16.1 Å².